The molecule has 3 aromatic heterocycles. The summed E-state index contributed by atoms with van der Waals surface area (Å²) in [4.78, 5) is 6.43. The zero-order chi connectivity index (χ0) is 17.2. The first-order chi connectivity index (χ1) is 12.2. The second-order valence-electron chi connectivity index (χ2n) is 6.24. The molecule has 0 unspecified atom stereocenters. The van der Waals surface area contributed by atoms with Gasteiger partial charge in [0, 0.05) is 37.6 Å². The lowest BCUT2D eigenvalue weighted by molar-refractivity contribution is 0.364. The molecular weight excluding hydrogens is 321 g/mol. The van der Waals surface area contributed by atoms with Crippen LogP contribution in [0.15, 0.2) is 36.7 Å². The Morgan fingerprint density at radius 1 is 1.36 bits per heavy atom. The normalized spacial score (nSPS) is 17.2. The van der Waals surface area contributed by atoms with Crippen molar-refractivity contribution in [3.8, 4) is 11.3 Å². The number of hydrogen-bond acceptors (Lipinski definition) is 5. The Morgan fingerprint density at radius 2 is 2.28 bits per heavy atom. The third-order valence-corrected chi connectivity index (χ3v) is 4.30. The molecule has 2 N–H and O–H groups in total. The van der Waals surface area contributed by atoms with E-state index >= 15 is 0 Å². The van der Waals surface area contributed by atoms with Crippen molar-refractivity contribution in [3.63, 3.8) is 0 Å². The van der Waals surface area contributed by atoms with Crippen molar-refractivity contribution < 1.29 is 4.39 Å². The van der Waals surface area contributed by atoms with Crippen LogP contribution in [0.3, 0.4) is 0 Å². The molecule has 1 saturated heterocycles. The first-order valence-corrected chi connectivity index (χ1v) is 8.30. The zero-order valence-electron chi connectivity index (χ0n) is 14.0. The lowest BCUT2D eigenvalue weighted by Gasteiger charge is -2.15. The van der Waals surface area contributed by atoms with Crippen LogP contribution in [-0.2, 0) is 13.6 Å². The van der Waals surface area contributed by atoms with Gasteiger partial charge in [-0.3, -0.25) is 9.78 Å². The summed E-state index contributed by atoms with van der Waals surface area (Å²) < 4.78 is 15.1. The van der Waals surface area contributed by atoms with Gasteiger partial charge >= 0.3 is 0 Å². The van der Waals surface area contributed by atoms with Crippen molar-refractivity contribution >= 4 is 11.6 Å². The van der Waals surface area contributed by atoms with Crippen LogP contribution < -0.4 is 10.2 Å². The molecule has 0 radical (unpaired) electrons. The fourth-order valence-electron chi connectivity index (χ4n) is 2.95. The molecule has 0 aromatic carbocycles. The summed E-state index contributed by atoms with van der Waals surface area (Å²) in [5.74, 6) is 1.64. The minimum Gasteiger partial charge on any atom is -0.363 e. The van der Waals surface area contributed by atoms with Gasteiger partial charge in [-0.25, -0.2) is 9.37 Å². The third kappa shape index (κ3) is 3.47. The van der Waals surface area contributed by atoms with Crippen LogP contribution in [-0.4, -0.2) is 44.2 Å². The van der Waals surface area contributed by atoms with Gasteiger partial charge in [-0.05, 0) is 24.6 Å². The SMILES string of the molecule is Cn1ccc(NCc2cc(-c3ccc(N4CC[C@H](F)C4)nc3)n[nH]2)n1. The molecule has 0 amide bonds. The van der Waals surface area contributed by atoms with E-state index in [0.29, 0.717) is 19.5 Å². The first-order valence-electron chi connectivity index (χ1n) is 8.30. The summed E-state index contributed by atoms with van der Waals surface area (Å²) in [5.41, 5.74) is 2.73. The summed E-state index contributed by atoms with van der Waals surface area (Å²) >= 11 is 0. The molecule has 0 saturated carbocycles. The van der Waals surface area contributed by atoms with Crippen LogP contribution in [0.2, 0.25) is 0 Å². The highest BCUT2D eigenvalue weighted by Gasteiger charge is 2.22. The molecule has 3 aromatic rings. The van der Waals surface area contributed by atoms with Gasteiger partial charge in [-0.1, -0.05) is 0 Å². The monoisotopic (exact) mass is 341 g/mol. The Balaban J connectivity index is 1.41. The van der Waals surface area contributed by atoms with Crippen LogP contribution in [0.5, 0.6) is 0 Å². The van der Waals surface area contributed by atoms with Crippen molar-refractivity contribution in [3.05, 3.63) is 42.4 Å². The Hall–Kier alpha value is -2.90. The van der Waals surface area contributed by atoms with Gasteiger partial charge in [0.15, 0.2) is 0 Å². The van der Waals surface area contributed by atoms with E-state index in [0.717, 1.165) is 35.1 Å². The summed E-state index contributed by atoms with van der Waals surface area (Å²) in [6.07, 6.45) is 3.50. The van der Waals surface area contributed by atoms with Crippen LogP contribution >= 0.6 is 0 Å². The van der Waals surface area contributed by atoms with Crippen molar-refractivity contribution in [1.82, 2.24) is 25.0 Å². The molecule has 0 spiro atoms. The fourth-order valence-corrected chi connectivity index (χ4v) is 2.95. The maximum Gasteiger partial charge on any atom is 0.148 e. The molecule has 7 nitrogen and oxygen atoms in total. The number of aryl methyl sites for hydroxylation is 1. The number of rotatable bonds is 5. The van der Waals surface area contributed by atoms with Crippen molar-refractivity contribution in [1.29, 1.82) is 0 Å². The van der Waals surface area contributed by atoms with Gasteiger partial charge in [0.25, 0.3) is 0 Å². The Bertz CT molecular complexity index is 839. The van der Waals surface area contributed by atoms with E-state index in [1.807, 2.05) is 42.4 Å². The average molecular weight is 341 g/mol. The van der Waals surface area contributed by atoms with E-state index in [-0.39, 0.29) is 0 Å². The third-order valence-electron chi connectivity index (χ3n) is 4.30. The molecule has 1 aliphatic rings. The van der Waals surface area contributed by atoms with Gasteiger partial charge in [-0.15, -0.1) is 0 Å². The van der Waals surface area contributed by atoms with E-state index in [4.69, 9.17) is 0 Å². The predicted molar refractivity (Wildman–Crippen MR) is 94.1 cm³/mol. The maximum absolute atomic E-state index is 13.3. The van der Waals surface area contributed by atoms with Crippen LogP contribution in [0, 0.1) is 0 Å². The Labute approximate surface area is 144 Å². The van der Waals surface area contributed by atoms with Crippen molar-refractivity contribution in [2.75, 3.05) is 23.3 Å². The van der Waals surface area contributed by atoms with Crippen molar-refractivity contribution in [2.24, 2.45) is 7.05 Å². The zero-order valence-corrected chi connectivity index (χ0v) is 14.0. The summed E-state index contributed by atoms with van der Waals surface area (Å²) in [6.45, 7) is 1.76. The predicted octanol–water partition coefficient (Wildman–Crippen LogP) is 2.37. The smallest absolute Gasteiger partial charge is 0.148 e. The number of pyridine rings is 1. The molecule has 4 heterocycles. The van der Waals surface area contributed by atoms with E-state index < -0.39 is 6.17 Å². The lowest BCUT2D eigenvalue weighted by Crippen LogP contribution is -2.20. The Kier molecular flexibility index (Phi) is 4.09. The quantitative estimate of drug-likeness (QED) is 0.745. The number of alkyl halides is 1. The van der Waals surface area contributed by atoms with Crippen LogP contribution in [0.4, 0.5) is 16.0 Å². The number of H-pyrrole nitrogens is 1. The number of hydrogen-bond donors (Lipinski definition) is 2. The molecule has 25 heavy (non-hydrogen) atoms. The molecule has 1 fully saturated rings. The Morgan fingerprint density at radius 3 is 2.96 bits per heavy atom. The second kappa shape index (κ2) is 6.54. The number of anilines is 2. The van der Waals surface area contributed by atoms with Crippen LogP contribution in [0.25, 0.3) is 11.3 Å². The second-order valence-corrected chi connectivity index (χ2v) is 6.24. The standard InChI is InChI=1S/C17H20FN7/c1-24-6-5-16(23-24)19-10-14-8-15(22-21-14)12-2-3-17(20-9-12)25-7-4-13(18)11-25/h2-3,5-6,8-9,13H,4,7,10-11H2,1H3,(H,19,23)(H,21,22)/t13-/m0/s1. The van der Waals surface area contributed by atoms with Crippen molar-refractivity contribution in [2.45, 2.75) is 19.1 Å². The highest BCUT2D eigenvalue weighted by molar-refractivity contribution is 5.60. The van der Waals surface area contributed by atoms with Gasteiger partial charge < -0.3 is 10.2 Å². The number of aromatic nitrogens is 5. The van der Waals surface area contributed by atoms with E-state index in [2.05, 4.69) is 25.6 Å². The molecule has 1 aliphatic heterocycles. The molecule has 8 heteroatoms. The number of aromatic amines is 1. The minimum absolute atomic E-state index is 0.429. The first kappa shape index (κ1) is 15.6. The largest absolute Gasteiger partial charge is 0.363 e. The van der Waals surface area contributed by atoms with Gasteiger partial charge in [0.05, 0.1) is 24.5 Å². The summed E-state index contributed by atoms with van der Waals surface area (Å²) in [6, 6.07) is 7.80. The van der Waals surface area contributed by atoms with E-state index in [9.17, 15) is 4.39 Å². The maximum atomic E-state index is 13.3. The molecule has 130 valence electrons. The highest BCUT2D eigenvalue weighted by atomic mass is 19.1. The molecular formula is C17H20FN7. The summed E-state index contributed by atoms with van der Waals surface area (Å²) in [5, 5.41) is 14.9. The highest BCUT2D eigenvalue weighted by Crippen LogP contribution is 2.23. The molecule has 0 aliphatic carbocycles. The molecule has 1 atom stereocenters. The van der Waals surface area contributed by atoms with Gasteiger partial charge in [0.2, 0.25) is 0 Å². The van der Waals surface area contributed by atoms with Crippen LogP contribution in [0.1, 0.15) is 12.1 Å². The van der Waals surface area contributed by atoms with Gasteiger partial charge in [-0.2, -0.15) is 10.2 Å². The molecule has 0 bridgehead atoms. The fraction of sp³-hybridized carbons (Fsp3) is 0.353. The average Bonchev–Trinajstić information content (AvgIpc) is 3.34. The minimum atomic E-state index is -0.748. The van der Waals surface area contributed by atoms with Gasteiger partial charge in [0.1, 0.15) is 17.8 Å². The lowest BCUT2D eigenvalue weighted by atomic mass is 10.2. The number of nitrogens with zero attached hydrogens (tertiary/aromatic N) is 5. The molecule has 4 rings (SSSR count). The topological polar surface area (TPSA) is 74.7 Å². The number of halogens is 1. The van der Waals surface area contributed by atoms with E-state index in [1.54, 1.807) is 10.9 Å². The number of nitrogens with one attached hydrogen (secondary N) is 2. The van der Waals surface area contributed by atoms with E-state index in [1.165, 1.54) is 0 Å². The summed E-state index contributed by atoms with van der Waals surface area (Å²) in [7, 11) is 1.88.